The molecule has 0 spiro atoms. The maximum absolute atomic E-state index is 4.57. The fourth-order valence-electron chi connectivity index (χ4n) is 1.60. The summed E-state index contributed by atoms with van der Waals surface area (Å²) >= 11 is 1.85. The van der Waals surface area contributed by atoms with E-state index in [4.69, 9.17) is 0 Å². The molecule has 1 rings (SSSR count). The van der Waals surface area contributed by atoms with Crippen molar-refractivity contribution < 1.29 is 0 Å². The van der Waals surface area contributed by atoms with Gasteiger partial charge in [0.2, 0.25) is 5.95 Å². The summed E-state index contributed by atoms with van der Waals surface area (Å²) in [5, 5.41) is 3.42. The first-order valence-electron chi connectivity index (χ1n) is 6.17. The van der Waals surface area contributed by atoms with Crippen LogP contribution in [0.3, 0.4) is 0 Å². The largest absolute Gasteiger partial charge is 0.351 e. The first kappa shape index (κ1) is 14.3. The van der Waals surface area contributed by atoms with Crippen molar-refractivity contribution >= 4 is 17.7 Å². The third-order valence-corrected chi connectivity index (χ3v) is 3.40. The molecule has 0 bridgehead atoms. The molecule has 1 aromatic rings. The van der Waals surface area contributed by atoms with Crippen LogP contribution in [0.5, 0.6) is 0 Å². The van der Waals surface area contributed by atoms with E-state index in [1.165, 1.54) is 0 Å². The minimum Gasteiger partial charge on any atom is -0.351 e. The smallest absolute Gasteiger partial charge is 0.223 e. The highest BCUT2D eigenvalue weighted by Gasteiger charge is 2.10. The van der Waals surface area contributed by atoms with Crippen LogP contribution in [-0.4, -0.2) is 28.0 Å². The standard InChI is InChI=1S/C13H23N3S/c1-6-11(8-17-5)15-13-14-10(4)7-12(16-13)9(2)3/h7,9,11H,6,8H2,1-5H3,(H,14,15,16). The molecule has 1 aromatic heterocycles. The highest BCUT2D eigenvalue weighted by atomic mass is 32.2. The van der Waals surface area contributed by atoms with E-state index < -0.39 is 0 Å². The van der Waals surface area contributed by atoms with Crippen LogP contribution in [-0.2, 0) is 0 Å². The van der Waals surface area contributed by atoms with E-state index in [-0.39, 0.29) is 0 Å². The molecule has 17 heavy (non-hydrogen) atoms. The molecule has 1 N–H and O–H groups in total. The summed E-state index contributed by atoms with van der Waals surface area (Å²) in [5.74, 6) is 2.30. The van der Waals surface area contributed by atoms with Crippen LogP contribution in [0.25, 0.3) is 0 Å². The number of rotatable bonds is 6. The SMILES string of the molecule is CCC(CSC)Nc1nc(C)cc(C(C)C)n1. The number of aromatic nitrogens is 2. The monoisotopic (exact) mass is 253 g/mol. The molecule has 3 nitrogen and oxygen atoms in total. The van der Waals surface area contributed by atoms with Crippen molar-refractivity contribution in [3.63, 3.8) is 0 Å². The lowest BCUT2D eigenvalue weighted by atomic mass is 10.1. The van der Waals surface area contributed by atoms with Crippen molar-refractivity contribution in [3.8, 4) is 0 Å². The van der Waals surface area contributed by atoms with Gasteiger partial charge in [0.25, 0.3) is 0 Å². The lowest BCUT2D eigenvalue weighted by Crippen LogP contribution is -2.23. The number of anilines is 1. The highest BCUT2D eigenvalue weighted by molar-refractivity contribution is 7.98. The van der Waals surface area contributed by atoms with Crippen LogP contribution in [0.1, 0.15) is 44.5 Å². The Labute approximate surface area is 109 Å². The van der Waals surface area contributed by atoms with Crippen LogP contribution in [0, 0.1) is 6.92 Å². The summed E-state index contributed by atoms with van der Waals surface area (Å²) in [6.07, 6.45) is 3.22. The fourth-order valence-corrected chi connectivity index (χ4v) is 2.32. The van der Waals surface area contributed by atoms with E-state index >= 15 is 0 Å². The Morgan fingerprint density at radius 2 is 2.06 bits per heavy atom. The van der Waals surface area contributed by atoms with Crippen LogP contribution < -0.4 is 5.32 Å². The van der Waals surface area contributed by atoms with Gasteiger partial charge in [0.15, 0.2) is 0 Å². The third-order valence-electron chi connectivity index (χ3n) is 2.66. The average Bonchev–Trinajstić information content (AvgIpc) is 2.27. The number of thioether (sulfide) groups is 1. The number of nitrogens with one attached hydrogen (secondary N) is 1. The molecule has 0 aliphatic rings. The van der Waals surface area contributed by atoms with Crippen molar-refractivity contribution in [1.29, 1.82) is 0 Å². The van der Waals surface area contributed by atoms with Gasteiger partial charge in [0.1, 0.15) is 0 Å². The number of aryl methyl sites for hydroxylation is 1. The summed E-state index contributed by atoms with van der Waals surface area (Å²) in [6.45, 7) is 8.52. The van der Waals surface area contributed by atoms with Crippen LogP contribution in [0.15, 0.2) is 6.07 Å². The summed E-state index contributed by atoms with van der Waals surface area (Å²) in [7, 11) is 0. The normalized spacial score (nSPS) is 12.8. The van der Waals surface area contributed by atoms with Gasteiger partial charge < -0.3 is 5.32 Å². The predicted octanol–water partition coefficient (Wildman–Crippen LogP) is 3.46. The molecular formula is C13H23N3S. The molecule has 4 heteroatoms. The predicted molar refractivity (Wildman–Crippen MR) is 76.9 cm³/mol. The molecule has 0 radical (unpaired) electrons. The Morgan fingerprint density at radius 1 is 1.35 bits per heavy atom. The Hall–Kier alpha value is -0.770. The second-order valence-electron chi connectivity index (χ2n) is 4.62. The van der Waals surface area contributed by atoms with Gasteiger partial charge in [-0.05, 0) is 31.6 Å². The number of hydrogen-bond donors (Lipinski definition) is 1. The molecule has 0 aromatic carbocycles. The van der Waals surface area contributed by atoms with Crippen LogP contribution in [0.4, 0.5) is 5.95 Å². The Balaban J connectivity index is 2.82. The van der Waals surface area contributed by atoms with Crippen LogP contribution >= 0.6 is 11.8 Å². The van der Waals surface area contributed by atoms with Gasteiger partial charge in [-0.2, -0.15) is 11.8 Å². The van der Waals surface area contributed by atoms with Gasteiger partial charge in [-0.3, -0.25) is 0 Å². The molecule has 96 valence electrons. The zero-order chi connectivity index (χ0) is 12.8. The van der Waals surface area contributed by atoms with E-state index in [1.54, 1.807) is 0 Å². The topological polar surface area (TPSA) is 37.8 Å². The molecular weight excluding hydrogens is 230 g/mol. The zero-order valence-electron chi connectivity index (χ0n) is 11.4. The van der Waals surface area contributed by atoms with Gasteiger partial charge in [0.05, 0.1) is 0 Å². The fraction of sp³-hybridized carbons (Fsp3) is 0.692. The maximum atomic E-state index is 4.57. The Kier molecular flexibility index (Phi) is 5.75. The van der Waals surface area contributed by atoms with Crippen LogP contribution in [0.2, 0.25) is 0 Å². The van der Waals surface area contributed by atoms with Gasteiger partial charge in [-0.1, -0.05) is 20.8 Å². The summed E-state index contributed by atoms with van der Waals surface area (Å²) < 4.78 is 0. The van der Waals surface area contributed by atoms with Crippen molar-refractivity contribution in [2.24, 2.45) is 0 Å². The summed E-state index contributed by atoms with van der Waals surface area (Å²) in [5.41, 5.74) is 2.14. The maximum Gasteiger partial charge on any atom is 0.223 e. The molecule has 0 aliphatic heterocycles. The van der Waals surface area contributed by atoms with Gasteiger partial charge in [-0.15, -0.1) is 0 Å². The molecule has 0 fully saturated rings. The van der Waals surface area contributed by atoms with E-state index in [2.05, 4.69) is 48.4 Å². The first-order valence-corrected chi connectivity index (χ1v) is 7.57. The minimum absolute atomic E-state index is 0.442. The third kappa shape index (κ3) is 4.54. The number of hydrogen-bond acceptors (Lipinski definition) is 4. The minimum atomic E-state index is 0.442. The summed E-state index contributed by atoms with van der Waals surface area (Å²) in [4.78, 5) is 9.03. The van der Waals surface area contributed by atoms with Gasteiger partial charge in [-0.25, -0.2) is 9.97 Å². The van der Waals surface area contributed by atoms with E-state index in [1.807, 2.05) is 18.7 Å². The number of nitrogens with zero attached hydrogens (tertiary/aromatic N) is 2. The second-order valence-corrected chi connectivity index (χ2v) is 5.53. The molecule has 0 amide bonds. The quantitative estimate of drug-likeness (QED) is 0.842. The Bertz CT molecular complexity index is 353. The lowest BCUT2D eigenvalue weighted by molar-refractivity contribution is 0.750. The average molecular weight is 253 g/mol. The molecule has 1 heterocycles. The second kappa shape index (κ2) is 6.84. The van der Waals surface area contributed by atoms with Crippen molar-refractivity contribution in [2.45, 2.75) is 46.1 Å². The molecule has 0 saturated heterocycles. The molecule has 0 aliphatic carbocycles. The molecule has 0 saturated carbocycles. The van der Waals surface area contributed by atoms with E-state index in [0.717, 1.165) is 29.5 Å². The van der Waals surface area contributed by atoms with E-state index in [9.17, 15) is 0 Å². The molecule has 1 atom stereocenters. The lowest BCUT2D eigenvalue weighted by Gasteiger charge is -2.17. The Morgan fingerprint density at radius 3 is 2.59 bits per heavy atom. The highest BCUT2D eigenvalue weighted by Crippen LogP contribution is 2.15. The van der Waals surface area contributed by atoms with Gasteiger partial charge in [0, 0.05) is 23.2 Å². The van der Waals surface area contributed by atoms with E-state index in [0.29, 0.717) is 12.0 Å². The first-order chi connectivity index (χ1) is 8.06. The molecule has 1 unspecified atom stereocenters. The zero-order valence-corrected chi connectivity index (χ0v) is 12.3. The summed E-state index contributed by atoms with van der Waals surface area (Å²) in [6, 6.07) is 2.51. The van der Waals surface area contributed by atoms with Crippen molar-refractivity contribution in [2.75, 3.05) is 17.3 Å². The van der Waals surface area contributed by atoms with Crippen molar-refractivity contribution in [1.82, 2.24) is 9.97 Å². The van der Waals surface area contributed by atoms with Crippen molar-refractivity contribution in [3.05, 3.63) is 17.5 Å². The van der Waals surface area contributed by atoms with Gasteiger partial charge >= 0.3 is 0 Å².